The second kappa shape index (κ2) is 2.71. The lowest BCUT2D eigenvalue weighted by atomic mass is 10.3. The topological polar surface area (TPSA) is 0 Å². The van der Waals surface area contributed by atoms with Gasteiger partial charge in [-0.3, -0.25) is 0 Å². The molecule has 1 aromatic carbocycles. The number of fused-ring (bicyclic) bond motifs is 1. The van der Waals surface area contributed by atoms with E-state index in [1.165, 1.54) is 11.3 Å². The highest BCUT2D eigenvalue weighted by atomic mass is 127. The number of hydrogen-bond donors (Lipinski definition) is 0. The Bertz CT molecular complexity index is 394. The number of hydrogen-bond acceptors (Lipinski definition) is 1. The molecular weight excluding hydrogens is 274 g/mol. The van der Waals surface area contributed by atoms with Gasteiger partial charge in [-0.25, -0.2) is 4.39 Å². The van der Waals surface area contributed by atoms with Crippen molar-refractivity contribution in [2.75, 3.05) is 0 Å². The molecule has 1 heterocycles. The summed E-state index contributed by atoms with van der Waals surface area (Å²) in [4.78, 5) is 0. The van der Waals surface area contributed by atoms with Gasteiger partial charge >= 0.3 is 0 Å². The summed E-state index contributed by atoms with van der Waals surface area (Å²) in [7, 11) is 0. The third kappa shape index (κ3) is 1.16. The average molecular weight is 278 g/mol. The maximum Gasteiger partial charge on any atom is 0.155 e. The van der Waals surface area contributed by atoms with Gasteiger partial charge in [0.2, 0.25) is 0 Å². The molecule has 0 bridgehead atoms. The summed E-state index contributed by atoms with van der Waals surface area (Å²) >= 11 is 3.51. The van der Waals surface area contributed by atoms with Gasteiger partial charge in [-0.15, -0.1) is 11.3 Å². The van der Waals surface area contributed by atoms with Crippen LogP contribution in [-0.4, -0.2) is 0 Å². The lowest BCUT2D eigenvalue weighted by Gasteiger charge is -1.84. The molecule has 0 radical (unpaired) electrons. The van der Waals surface area contributed by atoms with Crippen LogP contribution >= 0.6 is 33.9 Å². The van der Waals surface area contributed by atoms with Gasteiger partial charge in [-0.05, 0) is 28.7 Å². The van der Waals surface area contributed by atoms with Crippen molar-refractivity contribution in [3.05, 3.63) is 33.0 Å². The van der Waals surface area contributed by atoms with Crippen LogP contribution in [0.5, 0.6) is 0 Å². The van der Waals surface area contributed by atoms with E-state index in [0.29, 0.717) is 0 Å². The van der Waals surface area contributed by atoms with Gasteiger partial charge in [0.1, 0.15) is 2.88 Å². The van der Waals surface area contributed by atoms with Crippen LogP contribution < -0.4 is 0 Å². The summed E-state index contributed by atoms with van der Waals surface area (Å²) in [5.41, 5.74) is 0. The number of rotatable bonds is 0. The molecule has 0 nitrogen and oxygen atoms in total. The van der Waals surface area contributed by atoms with Crippen LogP contribution in [0.4, 0.5) is 4.39 Å². The van der Waals surface area contributed by atoms with E-state index in [0.717, 1.165) is 13.0 Å². The van der Waals surface area contributed by atoms with E-state index in [-0.39, 0.29) is 5.82 Å². The summed E-state index contributed by atoms with van der Waals surface area (Å²) in [6, 6.07) is 7.52. The fourth-order valence-corrected chi connectivity index (χ4v) is 2.79. The first-order valence-electron chi connectivity index (χ1n) is 3.11. The number of halogens is 2. The zero-order chi connectivity index (χ0) is 7.84. The Balaban J connectivity index is 2.92. The molecule has 2 rings (SSSR count). The Morgan fingerprint density at radius 1 is 1.27 bits per heavy atom. The molecule has 0 fully saturated rings. The number of benzene rings is 1. The van der Waals surface area contributed by atoms with E-state index < -0.39 is 0 Å². The molecule has 11 heavy (non-hydrogen) atoms. The summed E-state index contributed by atoms with van der Waals surface area (Å²) in [6.07, 6.45) is 0. The third-order valence-corrected chi connectivity index (χ3v) is 3.56. The minimum Gasteiger partial charge on any atom is -0.204 e. The molecule has 0 aliphatic carbocycles. The van der Waals surface area contributed by atoms with Crippen molar-refractivity contribution in [2.24, 2.45) is 0 Å². The Kier molecular flexibility index (Phi) is 1.85. The summed E-state index contributed by atoms with van der Waals surface area (Å²) < 4.78 is 14.9. The standard InChI is InChI=1S/C8H4FIS/c9-7-5-3-1-2-4-6(5)11-8(7)10/h1-4H. The van der Waals surface area contributed by atoms with E-state index in [2.05, 4.69) is 0 Å². The Hall–Kier alpha value is -0.160. The zero-order valence-corrected chi connectivity index (χ0v) is 8.45. The van der Waals surface area contributed by atoms with Gasteiger partial charge in [0.25, 0.3) is 0 Å². The van der Waals surface area contributed by atoms with Crippen molar-refractivity contribution < 1.29 is 4.39 Å². The van der Waals surface area contributed by atoms with Gasteiger partial charge in [0.15, 0.2) is 5.82 Å². The fourth-order valence-electron chi connectivity index (χ4n) is 0.984. The van der Waals surface area contributed by atoms with Crippen LogP contribution in [0.25, 0.3) is 10.1 Å². The summed E-state index contributed by atoms with van der Waals surface area (Å²) in [5.74, 6) is -0.0776. The molecule has 56 valence electrons. The molecule has 0 saturated carbocycles. The third-order valence-electron chi connectivity index (χ3n) is 1.50. The van der Waals surface area contributed by atoms with Crippen molar-refractivity contribution in [2.45, 2.75) is 0 Å². The first-order chi connectivity index (χ1) is 5.29. The maximum atomic E-state index is 13.2. The van der Waals surface area contributed by atoms with Gasteiger partial charge in [0, 0.05) is 10.1 Å². The minimum atomic E-state index is -0.0776. The molecule has 0 saturated heterocycles. The molecule has 0 spiro atoms. The minimum absolute atomic E-state index is 0.0776. The van der Waals surface area contributed by atoms with Crippen molar-refractivity contribution in [1.82, 2.24) is 0 Å². The lowest BCUT2D eigenvalue weighted by Crippen LogP contribution is -1.69. The smallest absolute Gasteiger partial charge is 0.155 e. The van der Waals surface area contributed by atoms with Crippen LogP contribution in [0.2, 0.25) is 0 Å². The molecule has 0 N–H and O–H groups in total. The largest absolute Gasteiger partial charge is 0.204 e. The molecular formula is C8H4FIS. The van der Waals surface area contributed by atoms with E-state index in [1.807, 2.05) is 46.9 Å². The molecule has 0 atom stereocenters. The molecule has 3 heteroatoms. The maximum absolute atomic E-state index is 13.2. The van der Waals surface area contributed by atoms with Crippen LogP contribution in [0.1, 0.15) is 0 Å². The van der Waals surface area contributed by atoms with Gasteiger partial charge < -0.3 is 0 Å². The Morgan fingerprint density at radius 2 is 2.00 bits per heavy atom. The first kappa shape index (κ1) is 7.49. The van der Waals surface area contributed by atoms with Gasteiger partial charge in [-0.1, -0.05) is 18.2 Å². The molecule has 1 aromatic heterocycles. The van der Waals surface area contributed by atoms with Gasteiger partial charge in [-0.2, -0.15) is 0 Å². The van der Waals surface area contributed by atoms with Crippen LogP contribution in [0.3, 0.4) is 0 Å². The quantitative estimate of drug-likeness (QED) is 0.645. The summed E-state index contributed by atoms with van der Waals surface area (Å²) in [6.45, 7) is 0. The van der Waals surface area contributed by atoms with E-state index in [9.17, 15) is 4.39 Å². The number of thiophene rings is 1. The predicted molar refractivity (Wildman–Crippen MR) is 54.5 cm³/mol. The Labute approximate surface area is 81.2 Å². The van der Waals surface area contributed by atoms with Crippen LogP contribution in [0, 0.1) is 8.70 Å². The SMILES string of the molecule is Fc1c(I)sc2ccccc12. The van der Waals surface area contributed by atoms with Crippen LogP contribution in [0.15, 0.2) is 24.3 Å². The zero-order valence-electron chi connectivity index (χ0n) is 5.47. The molecule has 0 unspecified atom stereocenters. The van der Waals surface area contributed by atoms with Gasteiger partial charge in [0.05, 0.1) is 0 Å². The Morgan fingerprint density at radius 3 is 2.73 bits per heavy atom. The highest BCUT2D eigenvalue weighted by Crippen LogP contribution is 2.30. The monoisotopic (exact) mass is 278 g/mol. The fraction of sp³-hybridized carbons (Fsp3) is 0. The molecule has 0 aliphatic rings. The normalized spacial score (nSPS) is 10.7. The molecule has 2 aromatic rings. The van der Waals surface area contributed by atoms with Crippen molar-refractivity contribution >= 4 is 44.0 Å². The highest BCUT2D eigenvalue weighted by molar-refractivity contribution is 14.1. The van der Waals surface area contributed by atoms with Crippen molar-refractivity contribution in [3.63, 3.8) is 0 Å². The first-order valence-corrected chi connectivity index (χ1v) is 5.01. The van der Waals surface area contributed by atoms with Crippen LogP contribution in [-0.2, 0) is 0 Å². The highest BCUT2D eigenvalue weighted by Gasteiger charge is 2.07. The molecule has 0 amide bonds. The van der Waals surface area contributed by atoms with E-state index in [1.54, 1.807) is 0 Å². The average Bonchev–Trinajstić information content (AvgIpc) is 2.30. The summed E-state index contributed by atoms with van der Waals surface area (Å²) in [5, 5.41) is 0.738. The lowest BCUT2D eigenvalue weighted by molar-refractivity contribution is 0.638. The van der Waals surface area contributed by atoms with E-state index in [4.69, 9.17) is 0 Å². The van der Waals surface area contributed by atoms with Crippen molar-refractivity contribution in [1.29, 1.82) is 0 Å². The second-order valence-electron chi connectivity index (χ2n) is 2.19. The second-order valence-corrected chi connectivity index (χ2v) is 5.05. The van der Waals surface area contributed by atoms with E-state index >= 15 is 0 Å². The predicted octanol–water partition coefficient (Wildman–Crippen LogP) is 3.65. The van der Waals surface area contributed by atoms with Crippen molar-refractivity contribution in [3.8, 4) is 0 Å². The molecule has 0 aliphatic heterocycles.